The van der Waals surface area contributed by atoms with Gasteiger partial charge >= 0.3 is 0 Å². The van der Waals surface area contributed by atoms with Crippen LogP contribution in [0.2, 0.25) is 5.15 Å². The normalized spacial score (nSPS) is 14.0. The summed E-state index contributed by atoms with van der Waals surface area (Å²) in [5, 5.41) is 5.12. The Morgan fingerprint density at radius 2 is 2.40 bits per heavy atom. The molecule has 0 bridgehead atoms. The SMILES string of the molecule is Cc1cc2c3c(c(Cl)nc2s1)C=CCN3. The maximum atomic E-state index is 6.13. The third-order valence-corrected chi connectivity index (χ3v) is 3.71. The van der Waals surface area contributed by atoms with Crippen LogP contribution in [0.15, 0.2) is 12.1 Å². The molecule has 1 N–H and O–H groups in total. The number of rotatable bonds is 0. The molecule has 0 spiro atoms. The van der Waals surface area contributed by atoms with Crippen LogP contribution < -0.4 is 5.32 Å². The van der Waals surface area contributed by atoms with Crippen LogP contribution in [-0.2, 0) is 0 Å². The van der Waals surface area contributed by atoms with Crippen molar-refractivity contribution in [3.8, 4) is 0 Å². The van der Waals surface area contributed by atoms with E-state index in [0.717, 1.165) is 22.6 Å². The van der Waals surface area contributed by atoms with Crippen LogP contribution in [0.4, 0.5) is 5.69 Å². The number of pyridine rings is 1. The maximum Gasteiger partial charge on any atom is 0.140 e. The number of aryl methyl sites for hydroxylation is 1. The standard InChI is InChI=1S/C11H9ClN2S/c1-6-5-8-9-7(3-2-4-13-9)10(12)14-11(8)15-6/h2-3,5,13H,4H2,1H3. The van der Waals surface area contributed by atoms with Gasteiger partial charge in [-0.15, -0.1) is 11.3 Å². The van der Waals surface area contributed by atoms with Crippen LogP contribution in [-0.4, -0.2) is 11.5 Å². The van der Waals surface area contributed by atoms with E-state index >= 15 is 0 Å². The maximum absolute atomic E-state index is 6.13. The van der Waals surface area contributed by atoms with Crippen LogP contribution in [0.3, 0.4) is 0 Å². The Hall–Kier alpha value is -1.06. The second-order valence-corrected chi connectivity index (χ2v) is 5.14. The van der Waals surface area contributed by atoms with E-state index in [2.05, 4.69) is 29.4 Å². The van der Waals surface area contributed by atoms with E-state index in [1.54, 1.807) is 11.3 Å². The van der Waals surface area contributed by atoms with Crippen LogP contribution in [0.1, 0.15) is 10.4 Å². The van der Waals surface area contributed by atoms with E-state index in [1.807, 2.05) is 6.08 Å². The van der Waals surface area contributed by atoms with Gasteiger partial charge in [0.1, 0.15) is 9.98 Å². The number of nitrogens with zero attached hydrogens (tertiary/aromatic N) is 1. The van der Waals surface area contributed by atoms with Gasteiger partial charge in [0, 0.05) is 22.4 Å². The summed E-state index contributed by atoms with van der Waals surface area (Å²) >= 11 is 7.81. The summed E-state index contributed by atoms with van der Waals surface area (Å²) in [4.78, 5) is 6.68. The number of halogens is 1. The zero-order chi connectivity index (χ0) is 10.4. The highest BCUT2D eigenvalue weighted by Gasteiger charge is 2.15. The van der Waals surface area contributed by atoms with Crippen LogP contribution in [0.5, 0.6) is 0 Å². The van der Waals surface area contributed by atoms with Crippen molar-refractivity contribution < 1.29 is 0 Å². The minimum absolute atomic E-state index is 0.586. The molecular formula is C11H9ClN2S. The number of anilines is 1. The van der Waals surface area contributed by atoms with Gasteiger partial charge in [-0.25, -0.2) is 4.98 Å². The second-order valence-electron chi connectivity index (χ2n) is 3.55. The van der Waals surface area contributed by atoms with Crippen molar-refractivity contribution in [2.75, 3.05) is 11.9 Å². The summed E-state index contributed by atoms with van der Waals surface area (Å²) in [5.74, 6) is 0. The predicted octanol–water partition coefficient (Wildman–Crippen LogP) is 3.70. The van der Waals surface area contributed by atoms with Crippen LogP contribution in [0, 0.1) is 6.92 Å². The van der Waals surface area contributed by atoms with Crippen molar-refractivity contribution in [1.29, 1.82) is 0 Å². The van der Waals surface area contributed by atoms with E-state index in [-0.39, 0.29) is 0 Å². The Bertz CT molecular complexity index is 571. The molecule has 4 heteroatoms. The van der Waals surface area contributed by atoms with Crippen molar-refractivity contribution in [1.82, 2.24) is 4.98 Å². The molecule has 0 saturated heterocycles. The summed E-state index contributed by atoms with van der Waals surface area (Å²) in [6.07, 6.45) is 4.09. The lowest BCUT2D eigenvalue weighted by Gasteiger charge is -2.14. The topological polar surface area (TPSA) is 24.9 Å². The Labute approximate surface area is 96.6 Å². The lowest BCUT2D eigenvalue weighted by molar-refractivity contribution is 1.30. The van der Waals surface area contributed by atoms with Crippen molar-refractivity contribution in [3.63, 3.8) is 0 Å². The molecule has 0 radical (unpaired) electrons. The van der Waals surface area contributed by atoms with Crippen LogP contribution in [0.25, 0.3) is 16.3 Å². The van der Waals surface area contributed by atoms with Gasteiger partial charge in [0.2, 0.25) is 0 Å². The molecule has 76 valence electrons. The first-order valence-corrected chi connectivity index (χ1v) is 5.95. The second kappa shape index (κ2) is 3.22. The molecule has 2 nitrogen and oxygen atoms in total. The van der Waals surface area contributed by atoms with E-state index in [0.29, 0.717) is 5.15 Å². The van der Waals surface area contributed by atoms with Gasteiger partial charge in [-0.1, -0.05) is 23.8 Å². The highest BCUT2D eigenvalue weighted by molar-refractivity contribution is 7.18. The zero-order valence-electron chi connectivity index (χ0n) is 8.17. The quantitative estimate of drug-likeness (QED) is 0.706. The Morgan fingerprint density at radius 3 is 3.27 bits per heavy atom. The lowest BCUT2D eigenvalue weighted by Crippen LogP contribution is -2.05. The molecule has 2 aromatic rings. The molecule has 2 aromatic heterocycles. The molecule has 3 rings (SSSR count). The Balaban J connectivity index is 2.44. The first-order chi connectivity index (χ1) is 7.25. The highest BCUT2D eigenvalue weighted by Crippen LogP contribution is 2.37. The van der Waals surface area contributed by atoms with Crippen LogP contribution >= 0.6 is 22.9 Å². The molecule has 0 unspecified atom stereocenters. The molecule has 1 aliphatic heterocycles. The predicted molar refractivity (Wildman–Crippen MR) is 66.9 cm³/mol. The fourth-order valence-electron chi connectivity index (χ4n) is 1.84. The van der Waals surface area contributed by atoms with Gasteiger partial charge < -0.3 is 5.32 Å². The van der Waals surface area contributed by atoms with E-state index in [9.17, 15) is 0 Å². The number of fused-ring (bicyclic) bond motifs is 3. The molecule has 0 aromatic carbocycles. The molecule has 0 amide bonds. The van der Waals surface area contributed by atoms with Gasteiger partial charge in [-0.05, 0) is 13.0 Å². The summed E-state index contributed by atoms with van der Waals surface area (Å²) in [6, 6.07) is 2.16. The fourth-order valence-corrected chi connectivity index (χ4v) is 3.02. The summed E-state index contributed by atoms with van der Waals surface area (Å²) in [7, 11) is 0. The van der Waals surface area contributed by atoms with Gasteiger partial charge in [0.05, 0.1) is 5.69 Å². The van der Waals surface area contributed by atoms with Gasteiger partial charge in [-0.3, -0.25) is 0 Å². The lowest BCUT2D eigenvalue weighted by atomic mass is 10.1. The van der Waals surface area contributed by atoms with E-state index < -0.39 is 0 Å². The molecular weight excluding hydrogens is 228 g/mol. The molecule has 0 aliphatic carbocycles. The van der Waals surface area contributed by atoms with E-state index in [4.69, 9.17) is 11.6 Å². The molecule has 1 aliphatic rings. The number of aromatic nitrogens is 1. The largest absolute Gasteiger partial charge is 0.380 e. The molecule has 3 heterocycles. The van der Waals surface area contributed by atoms with Crippen molar-refractivity contribution in [2.45, 2.75) is 6.92 Å². The fraction of sp³-hybridized carbons (Fsp3) is 0.182. The monoisotopic (exact) mass is 236 g/mol. The first-order valence-electron chi connectivity index (χ1n) is 4.76. The average molecular weight is 237 g/mol. The number of thiophene rings is 1. The van der Waals surface area contributed by atoms with Crippen molar-refractivity contribution >= 4 is 44.9 Å². The Kier molecular flexibility index (Phi) is 1.97. The minimum Gasteiger partial charge on any atom is -0.380 e. The molecule has 0 fully saturated rings. The van der Waals surface area contributed by atoms with Crippen molar-refractivity contribution in [2.24, 2.45) is 0 Å². The van der Waals surface area contributed by atoms with Gasteiger partial charge in [0.15, 0.2) is 0 Å². The molecule has 0 saturated carbocycles. The highest BCUT2D eigenvalue weighted by atomic mass is 35.5. The van der Waals surface area contributed by atoms with Crippen molar-refractivity contribution in [3.05, 3.63) is 27.7 Å². The van der Waals surface area contributed by atoms with Gasteiger partial charge in [-0.2, -0.15) is 0 Å². The summed E-state index contributed by atoms with van der Waals surface area (Å²) in [5.41, 5.74) is 2.13. The van der Waals surface area contributed by atoms with E-state index in [1.165, 1.54) is 10.3 Å². The number of hydrogen-bond donors (Lipinski definition) is 1. The third kappa shape index (κ3) is 1.34. The molecule has 0 atom stereocenters. The smallest absolute Gasteiger partial charge is 0.140 e. The minimum atomic E-state index is 0.586. The molecule has 15 heavy (non-hydrogen) atoms. The summed E-state index contributed by atoms with van der Waals surface area (Å²) < 4.78 is 0. The zero-order valence-corrected chi connectivity index (χ0v) is 9.75. The third-order valence-electron chi connectivity index (χ3n) is 2.48. The average Bonchev–Trinajstić information content (AvgIpc) is 2.59. The Morgan fingerprint density at radius 1 is 1.53 bits per heavy atom. The number of nitrogens with one attached hydrogen (secondary N) is 1. The van der Waals surface area contributed by atoms with Gasteiger partial charge in [0.25, 0.3) is 0 Å². The summed E-state index contributed by atoms with van der Waals surface area (Å²) in [6.45, 7) is 2.95. The first kappa shape index (κ1) is 9.19. The number of hydrogen-bond acceptors (Lipinski definition) is 3.